The van der Waals surface area contributed by atoms with Crippen LogP contribution in [0, 0.1) is 6.92 Å². The Balaban J connectivity index is 1.46. The highest BCUT2D eigenvalue weighted by Crippen LogP contribution is 2.28. The van der Waals surface area contributed by atoms with E-state index in [1.807, 2.05) is 35.1 Å². The molecule has 1 saturated heterocycles. The Morgan fingerprint density at radius 3 is 2.81 bits per heavy atom. The second-order valence-corrected chi connectivity index (χ2v) is 8.33. The van der Waals surface area contributed by atoms with Gasteiger partial charge < -0.3 is 9.80 Å². The summed E-state index contributed by atoms with van der Waals surface area (Å²) >= 11 is 1.55. The van der Waals surface area contributed by atoms with E-state index in [4.69, 9.17) is 4.98 Å². The molecule has 136 valence electrons. The van der Waals surface area contributed by atoms with E-state index in [1.165, 1.54) is 0 Å². The van der Waals surface area contributed by atoms with Gasteiger partial charge in [0.25, 0.3) is 5.91 Å². The smallest absolute Gasteiger partial charge is 0.263 e. The Bertz CT molecular complexity index is 863. The molecule has 4 rings (SSSR count). The molecule has 0 saturated carbocycles. The van der Waals surface area contributed by atoms with Crippen molar-refractivity contribution in [2.45, 2.75) is 39.2 Å². The van der Waals surface area contributed by atoms with Gasteiger partial charge in [0.15, 0.2) is 0 Å². The van der Waals surface area contributed by atoms with Crippen LogP contribution in [0.4, 0.5) is 0 Å². The molecular weight excluding hydrogens is 348 g/mol. The number of aromatic nitrogens is 2. The number of rotatable bonds is 2. The van der Waals surface area contributed by atoms with Gasteiger partial charge in [0.1, 0.15) is 5.82 Å². The number of fused-ring (bicyclic) bond motifs is 1. The first-order valence-electron chi connectivity index (χ1n) is 8.97. The Kier molecular flexibility index (Phi) is 4.48. The molecule has 0 N–H and O–H groups in total. The molecule has 1 fully saturated rings. The lowest BCUT2D eigenvalue weighted by atomic mass is 10.0. The quantitative estimate of drug-likeness (QED) is 0.814. The summed E-state index contributed by atoms with van der Waals surface area (Å²) in [5.74, 6) is 1.22. The molecule has 0 radical (unpaired) electrons. The van der Waals surface area contributed by atoms with Gasteiger partial charge in [0.2, 0.25) is 5.91 Å². The number of thiophene rings is 1. The number of likely N-dealkylation sites (tertiary alicyclic amines) is 1. The second-order valence-electron chi connectivity index (χ2n) is 7.04. The fourth-order valence-corrected chi connectivity index (χ4v) is 4.49. The maximum absolute atomic E-state index is 12.6. The summed E-state index contributed by atoms with van der Waals surface area (Å²) in [4.78, 5) is 39.2. The van der Waals surface area contributed by atoms with Crippen molar-refractivity contribution in [2.75, 3.05) is 19.6 Å². The summed E-state index contributed by atoms with van der Waals surface area (Å²) in [6, 6.07) is 3.90. The second kappa shape index (κ2) is 6.79. The molecule has 4 heterocycles. The predicted octanol–water partition coefficient (Wildman–Crippen LogP) is 2.38. The summed E-state index contributed by atoms with van der Waals surface area (Å²) in [7, 11) is 0. The minimum atomic E-state index is 0.0912. The van der Waals surface area contributed by atoms with Crippen molar-refractivity contribution in [3.8, 4) is 0 Å². The van der Waals surface area contributed by atoms with Crippen LogP contribution in [0.1, 0.15) is 50.9 Å². The molecule has 0 bridgehead atoms. The zero-order valence-electron chi connectivity index (χ0n) is 15.1. The molecule has 7 heteroatoms. The first kappa shape index (κ1) is 17.1. The maximum atomic E-state index is 12.6. The molecule has 2 aromatic heterocycles. The van der Waals surface area contributed by atoms with Crippen LogP contribution in [-0.2, 0) is 17.8 Å². The van der Waals surface area contributed by atoms with E-state index in [1.54, 1.807) is 18.3 Å². The molecular formula is C19H22N4O2S. The third-order valence-electron chi connectivity index (χ3n) is 5.19. The van der Waals surface area contributed by atoms with Gasteiger partial charge in [-0.2, -0.15) is 0 Å². The normalized spacial score (nSPS) is 19.5. The number of hydrogen-bond donors (Lipinski definition) is 0. The summed E-state index contributed by atoms with van der Waals surface area (Å²) in [5, 5.41) is 0. The van der Waals surface area contributed by atoms with Gasteiger partial charge >= 0.3 is 0 Å². The van der Waals surface area contributed by atoms with E-state index in [9.17, 15) is 9.59 Å². The number of hydrogen-bond acceptors (Lipinski definition) is 5. The van der Waals surface area contributed by atoms with E-state index >= 15 is 0 Å². The van der Waals surface area contributed by atoms with Gasteiger partial charge in [0, 0.05) is 62.1 Å². The van der Waals surface area contributed by atoms with E-state index < -0.39 is 0 Å². The lowest BCUT2D eigenvalue weighted by Gasteiger charge is -2.27. The lowest BCUT2D eigenvalue weighted by Crippen LogP contribution is -2.35. The van der Waals surface area contributed by atoms with E-state index in [0.717, 1.165) is 46.2 Å². The number of nitrogens with zero attached hydrogens (tertiary/aromatic N) is 4. The van der Waals surface area contributed by atoms with Gasteiger partial charge in [-0.3, -0.25) is 9.59 Å². The van der Waals surface area contributed by atoms with Crippen molar-refractivity contribution in [3.05, 3.63) is 45.2 Å². The highest BCUT2D eigenvalue weighted by atomic mass is 32.1. The van der Waals surface area contributed by atoms with Crippen molar-refractivity contribution in [2.24, 2.45) is 0 Å². The van der Waals surface area contributed by atoms with Crippen LogP contribution in [0.5, 0.6) is 0 Å². The first-order chi connectivity index (χ1) is 12.5. The number of carbonyl (C=O) groups is 2. The van der Waals surface area contributed by atoms with Gasteiger partial charge in [-0.1, -0.05) is 0 Å². The van der Waals surface area contributed by atoms with Crippen molar-refractivity contribution in [1.29, 1.82) is 0 Å². The van der Waals surface area contributed by atoms with Crippen LogP contribution >= 0.6 is 11.3 Å². The zero-order chi connectivity index (χ0) is 18.3. The highest BCUT2D eigenvalue weighted by molar-refractivity contribution is 7.13. The monoisotopic (exact) mass is 370 g/mol. The standard InChI is InChI=1S/C19H22N4O2S/c1-12-3-4-17(26-12)19(25)23-7-5-14(10-23)18-20-9-15-11-22(13(2)24)8-6-16(15)21-18/h3-4,9,14H,5-8,10-11H2,1-2H3. The fourth-order valence-electron chi connectivity index (χ4n) is 3.66. The van der Waals surface area contributed by atoms with Gasteiger partial charge in [-0.05, 0) is 25.5 Å². The van der Waals surface area contributed by atoms with Gasteiger partial charge in [-0.15, -0.1) is 11.3 Å². The number of aryl methyl sites for hydroxylation is 1. The van der Waals surface area contributed by atoms with Crippen molar-refractivity contribution in [3.63, 3.8) is 0 Å². The fraction of sp³-hybridized carbons (Fsp3) is 0.474. The topological polar surface area (TPSA) is 66.4 Å². The number of amides is 2. The van der Waals surface area contributed by atoms with Crippen molar-refractivity contribution >= 4 is 23.2 Å². The van der Waals surface area contributed by atoms with Crippen LogP contribution in [-0.4, -0.2) is 51.2 Å². The van der Waals surface area contributed by atoms with E-state index in [-0.39, 0.29) is 17.7 Å². The molecule has 6 nitrogen and oxygen atoms in total. The van der Waals surface area contributed by atoms with Gasteiger partial charge in [0.05, 0.1) is 10.6 Å². The maximum Gasteiger partial charge on any atom is 0.263 e. The van der Waals surface area contributed by atoms with E-state index in [0.29, 0.717) is 19.6 Å². The molecule has 1 unspecified atom stereocenters. The molecule has 0 aromatic carbocycles. The minimum Gasteiger partial charge on any atom is -0.338 e. The SMILES string of the molecule is CC(=O)N1CCc2nc(C3CCN(C(=O)c4ccc(C)s4)C3)ncc2C1. The van der Waals surface area contributed by atoms with Crippen LogP contribution in [0.3, 0.4) is 0 Å². The zero-order valence-corrected chi connectivity index (χ0v) is 15.9. The molecule has 0 spiro atoms. The molecule has 1 atom stereocenters. The highest BCUT2D eigenvalue weighted by Gasteiger charge is 2.31. The summed E-state index contributed by atoms with van der Waals surface area (Å²) in [6.07, 6.45) is 3.53. The summed E-state index contributed by atoms with van der Waals surface area (Å²) < 4.78 is 0. The largest absolute Gasteiger partial charge is 0.338 e. The Hall–Kier alpha value is -2.28. The van der Waals surface area contributed by atoms with Gasteiger partial charge in [-0.25, -0.2) is 9.97 Å². The lowest BCUT2D eigenvalue weighted by molar-refractivity contribution is -0.129. The molecule has 0 aliphatic carbocycles. The van der Waals surface area contributed by atoms with E-state index in [2.05, 4.69) is 4.98 Å². The first-order valence-corrected chi connectivity index (χ1v) is 9.79. The Morgan fingerprint density at radius 1 is 1.23 bits per heavy atom. The molecule has 26 heavy (non-hydrogen) atoms. The Morgan fingerprint density at radius 2 is 2.08 bits per heavy atom. The third kappa shape index (κ3) is 3.23. The van der Waals surface area contributed by atoms with Crippen molar-refractivity contribution in [1.82, 2.24) is 19.8 Å². The Labute approximate surface area is 156 Å². The van der Waals surface area contributed by atoms with Crippen LogP contribution in [0.2, 0.25) is 0 Å². The molecule has 2 aromatic rings. The third-order valence-corrected chi connectivity index (χ3v) is 6.18. The molecule has 2 aliphatic heterocycles. The minimum absolute atomic E-state index is 0.0912. The van der Waals surface area contributed by atoms with Crippen LogP contribution in [0.15, 0.2) is 18.3 Å². The average molecular weight is 370 g/mol. The summed E-state index contributed by atoms with van der Waals surface area (Å²) in [6.45, 7) is 6.35. The summed E-state index contributed by atoms with van der Waals surface area (Å²) in [5.41, 5.74) is 2.08. The molecule has 2 amide bonds. The molecule has 2 aliphatic rings. The van der Waals surface area contributed by atoms with Crippen LogP contribution in [0.25, 0.3) is 0 Å². The average Bonchev–Trinajstić information content (AvgIpc) is 3.29. The van der Waals surface area contributed by atoms with Crippen LogP contribution < -0.4 is 0 Å². The number of carbonyl (C=O) groups excluding carboxylic acids is 2. The predicted molar refractivity (Wildman–Crippen MR) is 99.1 cm³/mol. The van der Waals surface area contributed by atoms with Crippen molar-refractivity contribution < 1.29 is 9.59 Å².